The molecule has 7 heteroatoms. The Bertz CT molecular complexity index is 561. The minimum atomic E-state index is -0.523. The number of hydrogen-bond donors (Lipinski definition) is 0. The number of imide groups is 1. The van der Waals surface area contributed by atoms with Crippen molar-refractivity contribution in [2.45, 2.75) is 18.6 Å². The van der Waals surface area contributed by atoms with E-state index in [0.29, 0.717) is 12.3 Å². The number of carbonyl (C=O) groups excluding carboxylic acids is 3. The molecule has 1 unspecified atom stereocenters. The zero-order valence-electron chi connectivity index (χ0n) is 11.4. The molecule has 1 heterocycles. The topological polar surface area (TPSA) is 63.7 Å². The van der Waals surface area contributed by atoms with Crippen molar-refractivity contribution in [1.82, 2.24) is 0 Å². The Morgan fingerprint density at radius 2 is 2.05 bits per heavy atom. The van der Waals surface area contributed by atoms with Gasteiger partial charge in [0.1, 0.15) is 0 Å². The van der Waals surface area contributed by atoms with Gasteiger partial charge in [-0.25, -0.2) is 4.90 Å². The lowest BCUT2D eigenvalue weighted by Crippen LogP contribution is -2.31. The molecule has 0 aliphatic carbocycles. The largest absolute Gasteiger partial charge is 0.465 e. The lowest BCUT2D eigenvalue weighted by molar-refractivity contribution is -0.139. The van der Waals surface area contributed by atoms with Gasteiger partial charge in [0, 0.05) is 10.9 Å². The number of esters is 1. The fourth-order valence-electron chi connectivity index (χ4n) is 1.97. The molecule has 2 rings (SSSR count). The summed E-state index contributed by atoms with van der Waals surface area (Å²) in [7, 11) is 0. The lowest BCUT2D eigenvalue weighted by Gasteiger charge is -2.14. The van der Waals surface area contributed by atoms with E-state index in [4.69, 9.17) is 4.74 Å². The molecule has 0 aromatic heterocycles. The molecule has 21 heavy (non-hydrogen) atoms. The van der Waals surface area contributed by atoms with E-state index in [9.17, 15) is 14.4 Å². The van der Waals surface area contributed by atoms with Gasteiger partial charge in [0.2, 0.25) is 11.8 Å². The molecule has 0 spiro atoms. The van der Waals surface area contributed by atoms with Crippen LogP contribution in [0.2, 0.25) is 0 Å². The van der Waals surface area contributed by atoms with Gasteiger partial charge in [-0.05, 0) is 31.2 Å². The van der Waals surface area contributed by atoms with Crippen LogP contribution in [0.25, 0.3) is 0 Å². The summed E-state index contributed by atoms with van der Waals surface area (Å²) in [5.41, 5.74) is 0.549. The molecule has 1 aromatic carbocycles. The third kappa shape index (κ3) is 3.85. The van der Waals surface area contributed by atoms with Gasteiger partial charge >= 0.3 is 5.97 Å². The standard InChI is InChI=1S/C14H14BrNO4S/c1-2-20-13(18)8-21-11-7-12(17)16(14(11)19)10-5-3-9(15)4-6-10/h3-6,11H,2,7-8H2,1H3. The summed E-state index contributed by atoms with van der Waals surface area (Å²) in [6.45, 7) is 2.03. The Labute approximate surface area is 135 Å². The highest BCUT2D eigenvalue weighted by molar-refractivity contribution is 9.10. The van der Waals surface area contributed by atoms with Gasteiger partial charge in [-0.1, -0.05) is 15.9 Å². The minimum absolute atomic E-state index is 0.0751. The molecule has 0 bridgehead atoms. The summed E-state index contributed by atoms with van der Waals surface area (Å²) in [6, 6.07) is 6.96. The number of thioether (sulfide) groups is 1. The molecule has 2 amide bonds. The summed E-state index contributed by atoms with van der Waals surface area (Å²) in [4.78, 5) is 36.8. The van der Waals surface area contributed by atoms with Crippen LogP contribution in [0.3, 0.4) is 0 Å². The van der Waals surface area contributed by atoms with Crippen molar-refractivity contribution in [1.29, 1.82) is 0 Å². The number of halogens is 1. The molecule has 1 aliphatic rings. The van der Waals surface area contributed by atoms with Crippen LogP contribution < -0.4 is 4.90 Å². The van der Waals surface area contributed by atoms with Gasteiger partial charge in [0.05, 0.1) is 23.3 Å². The normalized spacial score (nSPS) is 18.2. The van der Waals surface area contributed by atoms with Crippen molar-refractivity contribution < 1.29 is 19.1 Å². The molecule has 1 atom stereocenters. The number of ether oxygens (including phenoxy) is 1. The maximum atomic E-state index is 12.3. The second kappa shape index (κ2) is 7.09. The summed E-state index contributed by atoms with van der Waals surface area (Å²) in [5, 5.41) is -0.523. The van der Waals surface area contributed by atoms with Crippen LogP contribution in [-0.4, -0.2) is 35.4 Å². The molecular weight excluding hydrogens is 358 g/mol. The van der Waals surface area contributed by atoms with E-state index in [-0.39, 0.29) is 30.0 Å². The van der Waals surface area contributed by atoms with Crippen LogP contribution in [-0.2, 0) is 19.1 Å². The van der Waals surface area contributed by atoms with Crippen molar-refractivity contribution in [2.75, 3.05) is 17.3 Å². The predicted molar refractivity (Wildman–Crippen MR) is 84.1 cm³/mol. The molecule has 112 valence electrons. The number of benzene rings is 1. The van der Waals surface area contributed by atoms with Gasteiger partial charge in [-0.2, -0.15) is 0 Å². The van der Waals surface area contributed by atoms with Gasteiger partial charge in [0.25, 0.3) is 0 Å². The molecule has 1 saturated heterocycles. The lowest BCUT2D eigenvalue weighted by atomic mass is 10.3. The van der Waals surface area contributed by atoms with Crippen LogP contribution in [0.5, 0.6) is 0 Å². The average molecular weight is 372 g/mol. The second-order valence-electron chi connectivity index (χ2n) is 4.35. The third-order valence-corrected chi connectivity index (χ3v) is 4.60. The van der Waals surface area contributed by atoms with Crippen molar-refractivity contribution in [3.8, 4) is 0 Å². The first-order valence-corrected chi connectivity index (χ1v) is 8.26. The second-order valence-corrected chi connectivity index (χ2v) is 6.46. The van der Waals surface area contributed by atoms with Crippen LogP contribution >= 0.6 is 27.7 Å². The molecule has 1 aromatic rings. The Balaban J connectivity index is 2.03. The zero-order valence-corrected chi connectivity index (χ0v) is 13.8. The quantitative estimate of drug-likeness (QED) is 0.587. The summed E-state index contributed by atoms with van der Waals surface area (Å²) in [6.07, 6.45) is 0.110. The van der Waals surface area contributed by atoms with Crippen molar-refractivity contribution in [2.24, 2.45) is 0 Å². The summed E-state index contributed by atoms with van der Waals surface area (Å²) < 4.78 is 5.69. The van der Waals surface area contributed by atoms with Crippen LogP contribution in [0.4, 0.5) is 5.69 Å². The highest BCUT2D eigenvalue weighted by Gasteiger charge is 2.40. The first-order chi connectivity index (χ1) is 10.0. The Morgan fingerprint density at radius 3 is 2.67 bits per heavy atom. The fourth-order valence-corrected chi connectivity index (χ4v) is 3.16. The highest BCUT2D eigenvalue weighted by atomic mass is 79.9. The predicted octanol–water partition coefficient (Wildman–Crippen LogP) is 2.38. The first-order valence-electron chi connectivity index (χ1n) is 6.42. The third-order valence-electron chi connectivity index (χ3n) is 2.90. The molecule has 1 aliphatic heterocycles. The first kappa shape index (κ1) is 16.0. The number of rotatable bonds is 5. The van der Waals surface area contributed by atoms with Crippen molar-refractivity contribution in [3.05, 3.63) is 28.7 Å². The number of anilines is 1. The number of amides is 2. The van der Waals surface area contributed by atoms with Crippen LogP contribution in [0, 0.1) is 0 Å². The van der Waals surface area contributed by atoms with E-state index < -0.39 is 5.25 Å². The minimum Gasteiger partial charge on any atom is -0.465 e. The fraction of sp³-hybridized carbons (Fsp3) is 0.357. The zero-order chi connectivity index (χ0) is 15.4. The molecule has 0 radical (unpaired) electrons. The van der Waals surface area contributed by atoms with Gasteiger partial charge in [-0.15, -0.1) is 11.8 Å². The molecular formula is C14H14BrNO4S. The maximum Gasteiger partial charge on any atom is 0.315 e. The van der Waals surface area contributed by atoms with E-state index in [1.807, 2.05) is 0 Å². The maximum absolute atomic E-state index is 12.3. The monoisotopic (exact) mass is 371 g/mol. The Hall–Kier alpha value is -1.34. The number of nitrogens with zero attached hydrogens (tertiary/aromatic N) is 1. The van der Waals surface area contributed by atoms with E-state index >= 15 is 0 Å². The molecule has 0 saturated carbocycles. The van der Waals surface area contributed by atoms with E-state index in [1.54, 1.807) is 31.2 Å². The smallest absolute Gasteiger partial charge is 0.315 e. The molecule has 1 fully saturated rings. The highest BCUT2D eigenvalue weighted by Crippen LogP contribution is 2.30. The van der Waals surface area contributed by atoms with E-state index in [2.05, 4.69) is 15.9 Å². The molecule has 5 nitrogen and oxygen atoms in total. The summed E-state index contributed by atoms with van der Waals surface area (Å²) in [5.74, 6) is -0.823. The van der Waals surface area contributed by atoms with Gasteiger partial charge in [-0.3, -0.25) is 14.4 Å². The number of carbonyl (C=O) groups is 3. The summed E-state index contributed by atoms with van der Waals surface area (Å²) >= 11 is 4.46. The van der Waals surface area contributed by atoms with Crippen molar-refractivity contribution >= 4 is 51.2 Å². The van der Waals surface area contributed by atoms with E-state index in [0.717, 1.165) is 16.2 Å². The Morgan fingerprint density at radius 1 is 1.38 bits per heavy atom. The number of hydrogen-bond acceptors (Lipinski definition) is 5. The average Bonchev–Trinajstić information content (AvgIpc) is 2.73. The van der Waals surface area contributed by atoms with Gasteiger partial charge < -0.3 is 4.74 Å². The van der Waals surface area contributed by atoms with Gasteiger partial charge in [0.15, 0.2) is 0 Å². The van der Waals surface area contributed by atoms with E-state index in [1.165, 1.54) is 4.90 Å². The SMILES string of the molecule is CCOC(=O)CSC1CC(=O)N(c2ccc(Br)cc2)C1=O. The molecule has 0 N–H and O–H groups in total. The van der Waals surface area contributed by atoms with Crippen LogP contribution in [0.1, 0.15) is 13.3 Å². The van der Waals surface area contributed by atoms with Crippen LogP contribution in [0.15, 0.2) is 28.7 Å². The Kier molecular flexibility index (Phi) is 5.41. The van der Waals surface area contributed by atoms with Crippen molar-refractivity contribution in [3.63, 3.8) is 0 Å².